The summed E-state index contributed by atoms with van der Waals surface area (Å²) in [7, 11) is -6.82. The van der Waals surface area contributed by atoms with Crippen LogP contribution in [0.4, 0.5) is 22.7 Å². The first-order valence-corrected chi connectivity index (χ1v) is 19.7. The monoisotopic (exact) mass is 852 g/mol. The van der Waals surface area contributed by atoms with Crippen LogP contribution in [-0.2, 0) is 29.6 Å². The van der Waals surface area contributed by atoms with Crippen molar-refractivity contribution in [3.63, 3.8) is 0 Å². The number of benzene rings is 4. The highest BCUT2D eigenvalue weighted by Gasteiger charge is 2.33. The predicted octanol–water partition coefficient (Wildman–Crippen LogP) is 4.77. The summed E-state index contributed by atoms with van der Waals surface area (Å²) in [5.41, 5.74) is -0.833. The van der Waals surface area contributed by atoms with Crippen LogP contribution in [0.15, 0.2) is 82.6 Å². The smallest absolute Gasteiger partial charge is 0.273 e. The summed E-state index contributed by atoms with van der Waals surface area (Å²) in [6.45, 7) is 0.579. The summed E-state index contributed by atoms with van der Waals surface area (Å²) in [5.74, 6) is -1.73. The number of anilines is 2. The van der Waals surface area contributed by atoms with Crippen LogP contribution in [0.3, 0.4) is 0 Å². The van der Waals surface area contributed by atoms with Crippen molar-refractivity contribution < 1.29 is 45.7 Å². The van der Waals surface area contributed by atoms with Crippen LogP contribution >= 0.6 is 23.2 Å². The molecule has 0 aliphatic carbocycles. The molecular formula is C34H34Cl2N6O12S2. The molecule has 4 rings (SSSR count). The van der Waals surface area contributed by atoms with E-state index in [0.717, 1.165) is 24.3 Å². The van der Waals surface area contributed by atoms with Crippen molar-refractivity contribution in [3.8, 4) is 11.5 Å². The van der Waals surface area contributed by atoms with Gasteiger partial charge in [0.05, 0.1) is 45.2 Å². The molecule has 56 heavy (non-hydrogen) atoms. The number of aryl methyl sites for hydroxylation is 2. The quantitative estimate of drug-likeness (QED) is 0.0830. The lowest BCUT2D eigenvalue weighted by molar-refractivity contribution is -0.385. The van der Waals surface area contributed by atoms with Crippen molar-refractivity contribution in [1.29, 1.82) is 0 Å². The molecule has 0 fully saturated rings. The van der Waals surface area contributed by atoms with Crippen LogP contribution in [0.2, 0.25) is 10.0 Å². The zero-order chi connectivity index (χ0) is 41.5. The second-order valence-electron chi connectivity index (χ2n) is 11.8. The van der Waals surface area contributed by atoms with Crippen molar-refractivity contribution in [2.45, 2.75) is 23.6 Å². The molecule has 18 nitrogen and oxygen atoms in total. The number of nitrogens with one attached hydrogen (secondary N) is 2. The first-order valence-electron chi connectivity index (χ1n) is 16.1. The van der Waals surface area contributed by atoms with Gasteiger partial charge in [0, 0.05) is 46.4 Å². The Hall–Kier alpha value is -5.70. The second-order valence-corrected chi connectivity index (χ2v) is 16.4. The number of carbonyl (C=O) groups is 2. The van der Waals surface area contributed by atoms with Gasteiger partial charge in [0.2, 0.25) is 11.8 Å². The zero-order valence-corrected chi connectivity index (χ0v) is 33.2. The molecule has 4 aromatic rings. The largest absolute Gasteiger partial charge is 0.495 e. The average molecular weight is 854 g/mol. The molecule has 2 N–H and O–H groups in total. The van der Waals surface area contributed by atoms with E-state index in [0.29, 0.717) is 8.61 Å². The van der Waals surface area contributed by atoms with E-state index in [1.807, 2.05) is 0 Å². The molecule has 0 saturated carbocycles. The van der Waals surface area contributed by atoms with E-state index in [-0.39, 0.29) is 57.1 Å². The lowest BCUT2D eigenvalue weighted by atomic mass is 10.2. The molecule has 0 aliphatic heterocycles. The maximum atomic E-state index is 14.0. The first kappa shape index (κ1) is 43.0. The third-order valence-corrected chi connectivity index (χ3v) is 12.1. The highest BCUT2D eigenvalue weighted by Crippen LogP contribution is 2.37. The fourth-order valence-electron chi connectivity index (χ4n) is 5.24. The molecule has 0 heterocycles. The molecule has 0 atom stereocenters. The minimum Gasteiger partial charge on any atom is -0.495 e. The molecule has 0 unspecified atom stereocenters. The van der Waals surface area contributed by atoms with Crippen LogP contribution in [0, 0.1) is 34.1 Å². The number of hydrogen-bond acceptors (Lipinski definition) is 12. The molecule has 298 valence electrons. The number of nitrogens with zero attached hydrogens (tertiary/aromatic N) is 4. The van der Waals surface area contributed by atoms with Crippen LogP contribution < -0.4 is 28.7 Å². The normalized spacial score (nSPS) is 11.3. The third-order valence-electron chi connectivity index (χ3n) is 8.09. The van der Waals surface area contributed by atoms with Crippen LogP contribution in [-0.4, -0.2) is 78.9 Å². The molecule has 0 radical (unpaired) electrons. The number of halogens is 2. The Morgan fingerprint density at radius 1 is 0.643 bits per heavy atom. The van der Waals surface area contributed by atoms with Gasteiger partial charge in [-0.1, -0.05) is 35.3 Å². The summed E-state index contributed by atoms with van der Waals surface area (Å²) >= 11 is 12.3. The van der Waals surface area contributed by atoms with Gasteiger partial charge in [-0.25, -0.2) is 16.8 Å². The highest BCUT2D eigenvalue weighted by atomic mass is 35.5. The van der Waals surface area contributed by atoms with Gasteiger partial charge in [0.15, 0.2) is 0 Å². The number of ether oxygens (including phenoxy) is 2. The molecular weight excluding hydrogens is 819 g/mol. The van der Waals surface area contributed by atoms with Gasteiger partial charge in [0.1, 0.15) is 24.6 Å². The van der Waals surface area contributed by atoms with Crippen molar-refractivity contribution >= 4 is 77.8 Å². The highest BCUT2D eigenvalue weighted by molar-refractivity contribution is 7.93. The topological polar surface area (TPSA) is 238 Å². The van der Waals surface area contributed by atoms with Crippen molar-refractivity contribution in [1.82, 2.24) is 10.6 Å². The standard InChI is InChI=1S/C34H34Cl2N6O12S2/c1-21-5-9-25(17-27(21)41(45)46)55(49,50)39(29-15-23(35)7-11-31(29)53-3)19-33(43)37-13-14-38-34(44)20-40(30-16-24(36)8-12-32(30)54-4)56(51,52)26-10-6-22(2)28(18-26)42(47)48/h5-12,15-18H,13-14,19-20H2,1-4H3,(H,37,43)(H,38,44). The zero-order valence-electron chi connectivity index (χ0n) is 30.0. The Morgan fingerprint density at radius 3 is 1.32 bits per heavy atom. The Bertz CT molecular complexity index is 2250. The number of nitro groups is 2. The van der Waals surface area contributed by atoms with E-state index >= 15 is 0 Å². The molecule has 0 aliphatic rings. The summed E-state index contributed by atoms with van der Waals surface area (Å²) in [5, 5.41) is 28.3. The molecule has 2 amide bonds. The van der Waals surface area contributed by atoms with Crippen LogP contribution in [0.25, 0.3) is 0 Å². The number of hydrogen-bond donors (Lipinski definition) is 2. The van der Waals surface area contributed by atoms with Gasteiger partial charge >= 0.3 is 0 Å². The molecule has 22 heteroatoms. The van der Waals surface area contributed by atoms with Crippen LogP contribution in [0.1, 0.15) is 11.1 Å². The fraction of sp³-hybridized carbons (Fsp3) is 0.235. The molecule has 0 saturated heterocycles. The summed E-state index contributed by atoms with van der Waals surface area (Å²) < 4.78 is 67.8. The van der Waals surface area contributed by atoms with E-state index in [2.05, 4.69) is 10.6 Å². The number of carbonyl (C=O) groups excluding carboxylic acids is 2. The van der Waals surface area contributed by atoms with Crippen molar-refractivity contribution in [2.75, 3.05) is 49.0 Å². The van der Waals surface area contributed by atoms with Crippen molar-refractivity contribution in [3.05, 3.63) is 114 Å². The lowest BCUT2D eigenvalue weighted by Gasteiger charge is -2.26. The molecule has 0 aromatic heterocycles. The Kier molecular flexibility index (Phi) is 13.7. The van der Waals surface area contributed by atoms with Crippen LogP contribution in [0.5, 0.6) is 11.5 Å². The number of sulfonamides is 2. The Labute approximate surface area is 331 Å². The SMILES string of the molecule is COc1ccc(Cl)cc1N(CC(=O)NCCNC(=O)CN(c1cc(Cl)ccc1OC)S(=O)(=O)c1ccc(C)c([N+](=O)[O-])c1)S(=O)(=O)c1ccc(C)c([N+](=O)[O-])c1. The van der Waals surface area contributed by atoms with Gasteiger partial charge < -0.3 is 20.1 Å². The minimum atomic E-state index is -4.67. The molecule has 4 aromatic carbocycles. The summed E-state index contributed by atoms with van der Waals surface area (Å²) in [6.07, 6.45) is 0. The first-order chi connectivity index (χ1) is 26.3. The third kappa shape index (κ3) is 9.75. The van der Waals surface area contributed by atoms with E-state index in [1.165, 1.54) is 76.6 Å². The average Bonchev–Trinajstić information content (AvgIpc) is 3.14. The Balaban J connectivity index is 1.55. The lowest BCUT2D eigenvalue weighted by Crippen LogP contribution is -2.45. The number of nitro benzene ring substituents is 2. The summed E-state index contributed by atoms with van der Waals surface area (Å²) in [6, 6.07) is 14.6. The van der Waals surface area contributed by atoms with Gasteiger partial charge in [-0.2, -0.15) is 0 Å². The maximum Gasteiger partial charge on any atom is 0.273 e. The van der Waals surface area contributed by atoms with E-state index in [4.69, 9.17) is 32.7 Å². The predicted molar refractivity (Wildman–Crippen MR) is 207 cm³/mol. The number of amides is 2. The maximum absolute atomic E-state index is 14.0. The number of methoxy groups -OCH3 is 2. The molecule has 0 bridgehead atoms. The van der Waals surface area contributed by atoms with Crippen molar-refractivity contribution in [2.24, 2.45) is 0 Å². The van der Waals surface area contributed by atoms with E-state index in [1.54, 1.807) is 0 Å². The van der Waals surface area contributed by atoms with Gasteiger partial charge in [-0.3, -0.25) is 38.4 Å². The fourth-order valence-corrected chi connectivity index (χ4v) is 8.46. The van der Waals surface area contributed by atoms with Gasteiger partial charge in [-0.15, -0.1) is 0 Å². The van der Waals surface area contributed by atoms with Gasteiger partial charge in [-0.05, 0) is 62.4 Å². The Morgan fingerprint density at radius 2 is 1.00 bits per heavy atom. The summed E-state index contributed by atoms with van der Waals surface area (Å²) in [4.78, 5) is 47.2. The minimum absolute atomic E-state index is 0.00994. The van der Waals surface area contributed by atoms with Gasteiger partial charge in [0.25, 0.3) is 31.4 Å². The van der Waals surface area contributed by atoms with E-state index < -0.39 is 76.0 Å². The van der Waals surface area contributed by atoms with E-state index in [9.17, 15) is 46.7 Å². The second kappa shape index (κ2) is 17.8. The number of rotatable bonds is 17. The molecule has 0 spiro atoms.